The van der Waals surface area contributed by atoms with E-state index in [0.717, 1.165) is 19.3 Å². The van der Waals surface area contributed by atoms with E-state index in [1.54, 1.807) is 23.1 Å². The number of hydrogen-bond acceptors (Lipinski definition) is 2. The van der Waals surface area contributed by atoms with Gasteiger partial charge in [0, 0.05) is 28.8 Å². The van der Waals surface area contributed by atoms with E-state index in [1.165, 1.54) is 0 Å². The molecule has 0 aliphatic carbocycles. The van der Waals surface area contributed by atoms with E-state index in [-0.39, 0.29) is 0 Å². The van der Waals surface area contributed by atoms with Crippen molar-refractivity contribution >= 4 is 40.7 Å². The van der Waals surface area contributed by atoms with Crippen LogP contribution < -0.4 is 5.32 Å². The van der Waals surface area contributed by atoms with Crippen molar-refractivity contribution in [3.05, 3.63) is 28.2 Å². The monoisotopic (exact) mass is 300 g/mol. The number of rotatable bonds is 1. The van der Waals surface area contributed by atoms with Crippen molar-refractivity contribution in [2.75, 3.05) is 18.4 Å². The second kappa shape index (κ2) is 6.26. The lowest BCUT2D eigenvalue weighted by molar-refractivity contribution is -0.143. The number of nitrogens with zero attached hydrogens (tertiary/aromatic N) is 1. The van der Waals surface area contributed by atoms with Crippen LogP contribution in [0.3, 0.4) is 0 Å². The summed E-state index contributed by atoms with van der Waals surface area (Å²) in [6.07, 6.45) is 3.00. The average molecular weight is 301 g/mol. The molecular weight excluding hydrogens is 287 g/mol. The number of carbonyl (C=O) groups is 2. The second-order valence-corrected chi connectivity index (χ2v) is 5.34. The zero-order valence-corrected chi connectivity index (χ0v) is 11.8. The Hall–Kier alpha value is -1.26. The standard InChI is InChI=1S/C13H14Cl2N2O2/c14-9-6-10(15)8-11(7-9)16-12(18)13(19)17-4-2-1-3-5-17/h6-8H,1-5H2,(H,16,18). The van der Waals surface area contributed by atoms with Gasteiger partial charge in [-0.3, -0.25) is 9.59 Å². The van der Waals surface area contributed by atoms with E-state index in [9.17, 15) is 9.59 Å². The Labute approximate surface area is 121 Å². The molecule has 1 heterocycles. The Kier molecular flexibility index (Phi) is 4.66. The van der Waals surface area contributed by atoms with Crippen molar-refractivity contribution in [3.63, 3.8) is 0 Å². The number of hydrogen-bond donors (Lipinski definition) is 1. The van der Waals surface area contributed by atoms with Gasteiger partial charge >= 0.3 is 11.8 Å². The van der Waals surface area contributed by atoms with E-state index >= 15 is 0 Å². The predicted octanol–water partition coefficient (Wildman–Crippen LogP) is 2.94. The molecule has 0 unspecified atom stereocenters. The third kappa shape index (κ3) is 3.85. The van der Waals surface area contributed by atoms with Crippen molar-refractivity contribution in [2.45, 2.75) is 19.3 Å². The highest BCUT2D eigenvalue weighted by Crippen LogP contribution is 2.22. The van der Waals surface area contributed by atoms with Crippen molar-refractivity contribution in [3.8, 4) is 0 Å². The van der Waals surface area contributed by atoms with Gasteiger partial charge in [-0.15, -0.1) is 0 Å². The molecule has 1 saturated heterocycles. The smallest absolute Gasteiger partial charge is 0.313 e. The van der Waals surface area contributed by atoms with Crippen molar-refractivity contribution in [1.82, 2.24) is 4.90 Å². The number of carbonyl (C=O) groups excluding carboxylic acids is 2. The van der Waals surface area contributed by atoms with Gasteiger partial charge < -0.3 is 10.2 Å². The Morgan fingerprint density at radius 1 is 1.00 bits per heavy atom. The summed E-state index contributed by atoms with van der Waals surface area (Å²) in [5.74, 6) is -1.16. The first-order chi connectivity index (χ1) is 9.06. The normalized spacial score (nSPS) is 15.2. The maximum atomic E-state index is 11.9. The number of amides is 2. The molecule has 2 amide bonds. The van der Waals surface area contributed by atoms with Gasteiger partial charge in [0.05, 0.1) is 0 Å². The van der Waals surface area contributed by atoms with Crippen LogP contribution in [0.15, 0.2) is 18.2 Å². The minimum atomic E-state index is -0.653. The van der Waals surface area contributed by atoms with Crippen molar-refractivity contribution < 1.29 is 9.59 Å². The lowest BCUT2D eigenvalue weighted by atomic mass is 10.1. The predicted molar refractivity (Wildman–Crippen MR) is 75.5 cm³/mol. The first-order valence-corrected chi connectivity index (χ1v) is 6.88. The Bertz CT molecular complexity index is 479. The van der Waals surface area contributed by atoms with Crippen LogP contribution in [0, 0.1) is 0 Å². The van der Waals surface area contributed by atoms with Gasteiger partial charge in [-0.2, -0.15) is 0 Å². The molecule has 1 aromatic carbocycles. The van der Waals surface area contributed by atoms with Gasteiger partial charge in [0.1, 0.15) is 0 Å². The van der Waals surface area contributed by atoms with E-state index in [4.69, 9.17) is 23.2 Å². The fraction of sp³-hybridized carbons (Fsp3) is 0.385. The molecule has 0 spiro atoms. The number of nitrogens with one attached hydrogen (secondary N) is 1. The number of likely N-dealkylation sites (tertiary alicyclic amines) is 1. The molecule has 0 aromatic heterocycles. The molecule has 0 saturated carbocycles. The average Bonchev–Trinajstić information content (AvgIpc) is 2.37. The molecule has 1 aliphatic heterocycles. The van der Waals surface area contributed by atoms with Gasteiger partial charge in [0.15, 0.2) is 0 Å². The maximum Gasteiger partial charge on any atom is 0.313 e. The highest BCUT2D eigenvalue weighted by atomic mass is 35.5. The fourth-order valence-corrected chi connectivity index (χ4v) is 2.58. The largest absolute Gasteiger partial charge is 0.334 e. The summed E-state index contributed by atoms with van der Waals surface area (Å²) in [4.78, 5) is 25.3. The first-order valence-electron chi connectivity index (χ1n) is 6.12. The molecule has 1 aliphatic rings. The van der Waals surface area contributed by atoms with E-state index in [0.29, 0.717) is 28.8 Å². The summed E-state index contributed by atoms with van der Waals surface area (Å²) >= 11 is 11.7. The molecule has 1 N–H and O–H groups in total. The second-order valence-electron chi connectivity index (χ2n) is 4.47. The van der Waals surface area contributed by atoms with Crippen LogP contribution in [0.2, 0.25) is 10.0 Å². The summed E-state index contributed by atoms with van der Waals surface area (Å²) in [5.41, 5.74) is 0.424. The van der Waals surface area contributed by atoms with Crippen LogP contribution in [-0.4, -0.2) is 29.8 Å². The zero-order chi connectivity index (χ0) is 13.8. The van der Waals surface area contributed by atoms with Crippen LogP contribution >= 0.6 is 23.2 Å². The van der Waals surface area contributed by atoms with Crippen LogP contribution in [-0.2, 0) is 9.59 Å². The number of benzene rings is 1. The van der Waals surface area contributed by atoms with Crippen LogP contribution in [0.5, 0.6) is 0 Å². The quantitative estimate of drug-likeness (QED) is 0.811. The summed E-state index contributed by atoms with van der Waals surface area (Å²) in [7, 11) is 0. The molecule has 19 heavy (non-hydrogen) atoms. The highest BCUT2D eigenvalue weighted by molar-refractivity contribution is 6.40. The number of piperidine rings is 1. The molecule has 0 atom stereocenters. The third-order valence-electron chi connectivity index (χ3n) is 2.96. The lowest BCUT2D eigenvalue weighted by Crippen LogP contribution is -2.42. The molecule has 102 valence electrons. The fourth-order valence-electron chi connectivity index (χ4n) is 2.05. The summed E-state index contributed by atoms with van der Waals surface area (Å²) < 4.78 is 0. The van der Waals surface area contributed by atoms with Gasteiger partial charge in [-0.05, 0) is 37.5 Å². The minimum absolute atomic E-state index is 0.410. The van der Waals surface area contributed by atoms with Crippen LogP contribution in [0.1, 0.15) is 19.3 Å². The van der Waals surface area contributed by atoms with Gasteiger partial charge in [0.25, 0.3) is 0 Å². The molecule has 1 fully saturated rings. The minimum Gasteiger partial charge on any atom is -0.334 e. The molecule has 0 bridgehead atoms. The van der Waals surface area contributed by atoms with Crippen LogP contribution in [0.4, 0.5) is 5.69 Å². The highest BCUT2D eigenvalue weighted by Gasteiger charge is 2.23. The molecule has 6 heteroatoms. The number of anilines is 1. The Balaban J connectivity index is 2.01. The van der Waals surface area contributed by atoms with E-state index in [2.05, 4.69) is 5.32 Å². The number of halogens is 2. The summed E-state index contributed by atoms with van der Waals surface area (Å²) in [5, 5.41) is 3.34. The van der Waals surface area contributed by atoms with Gasteiger partial charge in [-0.25, -0.2) is 0 Å². The van der Waals surface area contributed by atoms with E-state index in [1.807, 2.05) is 0 Å². The first kappa shape index (κ1) is 14.2. The molecular formula is C13H14Cl2N2O2. The summed E-state index contributed by atoms with van der Waals surface area (Å²) in [6.45, 7) is 1.28. The third-order valence-corrected chi connectivity index (χ3v) is 3.39. The SMILES string of the molecule is O=C(Nc1cc(Cl)cc(Cl)c1)C(=O)N1CCCCC1. The Morgan fingerprint density at radius 2 is 1.58 bits per heavy atom. The van der Waals surface area contributed by atoms with Crippen molar-refractivity contribution in [2.24, 2.45) is 0 Å². The Morgan fingerprint density at radius 3 is 2.16 bits per heavy atom. The van der Waals surface area contributed by atoms with E-state index < -0.39 is 11.8 Å². The molecule has 1 aromatic rings. The summed E-state index contributed by atoms with van der Waals surface area (Å²) in [6, 6.07) is 4.66. The van der Waals surface area contributed by atoms with Gasteiger partial charge in [-0.1, -0.05) is 23.2 Å². The maximum absolute atomic E-state index is 11.9. The van der Waals surface area contributed by atoms with Crippen molar-refractivity contribution in [1.29, 1.82) is 0 Å². The van der Waals surface area contributed by atoms with Gasteiger partial charge in [0.2, 0.25) is 0 Å². The molecule has 0 radical (unpaired) electrons. The zero-order valence-electron chi connectivity index (χ0n) is 10.3. The molecule has 4 nitrogen and oxygen atoms in total. The lowest BCUT2D eigenvalue weighted by Gasteiger charge is -2.25. The topological polar surface area (TPSA) is 49.4 Å². The molecule has 2 rings (SSSR count). The van der Waals surface area contributed by atoms with Crippen LogP contribution in [0.25, 0.3) is 0 Å².